The van der Waals surface area contributed by atoms with Gasteiger partial charge in [-0.15, -0.1) is 0 Å². The van der Waals surface area contributed by atoms with Crippen LogP contribution in [-0.2, 0) is 28.8 Å². The molecule has 6 N–H and O–H groups in total. The summed E-state index contributed by atoms with van der Waals surface area (Å²) in [5.41, 5.74) is -1.29. The SMILES string of the molecule is O=C1CNC(=O)[C@H](C/C(C(=O)O)=C(/C[C@@H]2NC(=O)CNC2=O)C(=O)O)N1. The molecule has 0 aromatic heterocycles. The van der Waals surface area contributed by atoms with Gasteiger partial charge >= 0.3 is 11.9 Å². The average Bonchev–Trinajstić information content (AvgIpc) is 2.56. The average molecular weight is 368 g/mol. The van der Waals surface area contributed by atoms with E-state index in [1.165, 1.54) is 0 Å². The Morgan fingerprint density at radius 1 is 0.769 bits per heavy atom. The van der Waals surface area contributed by atoms with Crippen molar-refractivity contribution in [2.45, 2.75) is 24.9 Å². The second kappa shape index (κ2) is 7.63. The van der Waals surface area contributed by atoms with Crippen molar-refractivity contribution in [3.05, 3.63) is 11.1 Å². The molecule has 0 aromatic rings. The normalized spacial score (nSPS) is 23.8. The molecule has 0 aliphatic carbocycles. The summed E-state index contributed by atoms with van der Waals surface area (Å²) in [6, 6.07) is -2.52. The van der Waals surface area contributed by atoms with Crippen molar-refractivity contribution in [1.29, 1.82) is 0 Å². The molecule has 0 bridgehead atoms. The molecule has 0 radical (unpaired) electrons. The predicted molar refractivity (Wildman–Crippen MR) is 81.4 cm³/mol. The van der Waals surface area contributed by atoms with Gasteiger partial charge in [-0.1, -0.05) is 0 Å². The second-order valence-electron chi connectivity index (χ2n) is 5.65. The van der Waals surface area contributed by atoms with E-state index in [2.05, 4.69) is 21.3 Å². The lowest BCUT2D eigenvalue weighted by atomic mass is 9.94. The largest absolute Gasteiger partial charge is 0.478 e. The predicted octanol–water partition coefficient (Wildman–Crippen LogP) is -3.54. The Hall–Kier alpha value is -3.44. The molecular weight excluding hydrogens is 352 g/mol. The number of aliphatic carboxylic acids is 2. The van der Waals surface area contributed by atoms with Gasteiger partial charge in [0.15, 0.2) is 0 Å². The fourth-order valence-corrected chi connectivity index (χ4v) is 2.58. The summed E-state index contributed by atoms with van der Waals surface area (Å²) in [5, 5.41) is 27.8. The van der Waals surface area contributed by atoms with Crippen LogP contribution in [0.5, 0.6) is 0 Å². The Balaban J connectivity index is 2.31. The maximum Gasteiger partial charge on any atom is 0.332 e. The van der Waals surface area contributed by atoms with Gasteiger partial charge in [0.25, 0.3) is 0 Å². The smallest absolute Gasteiger partial charge is 0.332 e. The monoisotopic (exact) mass is 368 g/mol. The van der Waals surface area contributed by atoms with E-state index >= 15 is 0 Å². The highest BCUT2D eigenvalue weighted by atomic mass is 16.4. The molecule has 2 rings (SSSR count). The van der Waals surface area contributed by atoms with E-state index in [4.69, 9.17) is 0 Å². The van der Waals surface area contributed by atoms with Crippen LogP contribution in [0.25, 0.3) is 0 Å². The summed E-state index contributed by atoms with van der Waals surface area (Å²) in [6.07, 6.45) is -1.17. The van der Waals surface area contributed by atoms with Crippen LogP contribution in [0.4, 0.5) is 0 Å². The van der Waals surface area contributed by atoms with Crippen molar-refractivity contribution in [2.24, 2.45) is 0 Å². The van der Waals surface area contributed by atoms with E-state index in [1.807, 2.05) is 0 Å². The maximum atomic E-state index is 11.8. The first-order valence-corrected chi connectivity index (χ1v) is 7.51. The molecule has 12 heteroatoms. The summed E-state index contributed by atoms with van der Waals surface area (Å²) < 4.78 is 0. The maximum absolute atomic E-state index is 11.8. The molecule has 0 spiro atoms. The molecule has 2 aliphatic rings. The number of rotatable bonds is 6. The quantitative estimate of drug-likeness (QED) is 0.260. The van der Waals surface area contributed by atoms with Crippen LogP contribution in [0, 0.1) is 0 Å². The summed E-state index contributed by atoms with van der Waals surface area (Å²) in [7, 11) is 0. The van der Waals surface area contributed by atoms with Crippen molar-refractivity contribution in [1.82, 2.24) is 21.3 Å². The fourth-order valence-electron chi connectivity index (χ4n) is 2.58. The second-order valence-corrected chi connectivity index (χ2v) is 5.65. The zero-order valence-corrected chi connectivity index (χ0v) is 13.3. The van der Waals surface area contributed by atoms with Crippen molar-refractivity contribution < 1.29 is 39.0 Å². The van der Waals surface area contributed by atoms with E-state index in [0.29, 0.717) is 0 Å². The number of carbonyl (C=O) groups excluding carboxylic acids is 4. The number of nitrogens with one attached hydrogen (secondary N) is 4. The van der Waals surface area contributed by atoms with E-state index in [-0.39, 0.29) is 13.1 Å². The van der Waals surface area contributed by atoms with Crippen molar-refractivity contribution in [2.75, 3.05) is 13.1 Å². The van der Waals surface area contributed by atoms with Gasteiger partial charge in [0.2, 0.25) is 23.6 Å². The van der Waals surface area contributed by atoms with Gasteiger partial charge in [-0.2, -0.15) is 0 Å². The first-order chi connectivity index (χ1) is 12.2. The van der Waals surface area contributed by atoms with Crippen molar-refractivity contribution in [3.63, 3.8) is 0 Å². The van der Waals surface area contributed by atoms with Gasteiger partial charge in [0.1, 0.15) is 12.1 Å². The van der Waals surface area contributed by atoms with E-state index in [1.54, 1.807) is 0 Å². The first-order valence-electron chi connectivity index (χ1n) is 7.51. The molecule has 2 aliphatic heterocycles. The summed E-state index contributed by atoms with van der Waals surface area (Å²) in [5.74, 6) is -5.63. The van der Waals surface area contributed by atoms with Gasteiger partial charge in [0.05, 0.1) is 24.2 Å². The number of piperazine rings is 2. The molecule has 0 saturated carbocycles. The molecule has 140 valence electrons. The highest BCUT2D eigenvalue weighted by molar-refractivity contribution is 6.02. The lowest BCUT2D eigenvalue weighted by molar-refractivity contribution is -0.137. The van der Waals surface area contributed by atoms with Crippen LogP contribution in [0.3, 0.4) is 0 Å². The van der Waals surface area contributed by atoms with Crippen LogP contribution in [0.1, 0.15) is 12.8 Å². The fraction of sp³-hybridized carbons (Fsp3) is 0.429. The highest BCUT2D eigenvalue weighted by Crippen LogP contribution is 2.19. The van der Waals surface area contributed by atoms with Gasteiger partial charge in [-0.05, 0) is 0 Å². The number of carbonyl (C=O) groups is 6. The number of carboxylic acid groups (broad SMARTS) is 2. The molecule has 2 saturated heterocycles. The minimum absolute atomic E-state index is 0.262. The molecule has 0 unspecified atom stereocenters. The van der Waals surface area contributed by atoms with E-state index < -0.39 is 71.6 Å². The number of carboxylic acids is 2. The Labute approximate surface area is 146 Å². The molecule has 2 heterocycles. The topological polar surface area (TPSA) is 191 Å². The lowest BCUT2D eigenvalue weighted by Crippen LogP contribution is -2.57. The van der Waals surface area contributed by atoms with Gasteiger partial charge in [0, 0.05) is 12.8 Å². The van der Waals surface area contributed by atoms with Crippen LogP contribution in [0.2, 0.25) is 0 Å². The highest BCUT2D eigenvalue weighted by Gasteiger charge is 2.34. The Bertz CT molecular complexity index is 668. The van der Waals surface area contributed by atoms with Crippen molar-refractivity contribution in [3.8, 4) is 0 Å². The molecular formula is C14H16N4O8. The molecule has 0 aromatic carbocycles. The first kappa shape index (κ1) is 18.9. The van der Waals surface area contributed by atoms with Gasteiger partial charge < -0.3 is 31.5 Å². The lowest BCUT2D eigenvalue weighted by Gasteiger charge is -2.25. The van der Waals surface area contributed by atoms with Crippen LogP contribution >= 0.6 is 0 Å². The standard InChI is InChI=1S/C14H16N4O8/c19-9-3-15-11(21)7(17-9)1-5(13(23)24)6(14(25)26)2-8-12(22)16-4-10(20)18-8/h7-8H,1-4H2,(H,15,21)(H,16,22)(H,17,19)(H,18,20)(H,23,24)(H,25,26)/b6-5+/t7-,8-/m0/s1. The molecule has 26 heavy (non-hydrogen) atoms. The molecule has 2 atom stereocenters. The third-order valence-corrected chi connectivity index (χ3v) is 3.85. The molecule has 2 fully saturated rings. The Morgan fingerprint density at radius 2 is 1.12 bits per heavy atom. The Morgan fingerprint density at radius 3 is 1.42 bits per heavy atom. The number of hydrogen-bond donors (Lipinski definition) is 6. The Kier molecular flexibility index (Phi) is 5.54. The van der Waals surface area contributed by atoms with E-state index in [9.17, 15) is 39.0 Å². The summed E-state index contributed by atoms with van der Waals surface area (Å²) >= 11 is 0. The third-order valence-electron chi connectivity index (χ3n) is 3.85. The zero-order chi connectivity index (χ0) is 19.4. The minimum atomic E-state index is -1.61. The molecule has 12 nitrogen and oxygen atoms in total. The minimum Gasteiger partial charge on any atom is -0.478 e. The van der Waals surface area contributed by atoms with Crippen LogP contribution in [-0.4, -0.2) is 71.0 Å². The number of hydrogen-bond acceptors (Lipinski definition) is 6. The van der Waals surface area contributed by atoms with Crippen LogP contribution in [0.15, 0.2) is 11.1 Å². The molecule has 4 amide bonds. The zero-order valence-electron chi connectivity index (χ0n) is 13.3. The van der Waals surface area contributed by atoms with Crippen LogP contribution < -0.4 is 21.3 Å². The van der Waals surface area contributed by atoms with E-state index in [0.717, 1.165) is 0 Å². The van der Waals surface area contributed by atoms with Gasteiger partial charge in [-0.25, -0.2) is 9.59 Å². The summed E-state index contributed by atoms with van der Waals surface area (Å²) in [6.45, 7) is -0.525. The van der Waals surface area contributed by atoms with Crippen molar-refractivity contribution >= 4 is 35.6 Å². The summed E-state index contributed by atoms with van der Waals surface area (Å²) in [4.78, 5) is 69.3. The number of amides is 4. The third kappa shape index (κ3) is 4.34. The van der Waals surface area contributed by atoms with Gasteiger partial charge in [-0.3, -0.25) is 19.2 Å².